The van der Waals surface area contributed by atoms with Gasteiger partial charge in [-0.3, -0.25) is 0 Å². The van der Waals surface area contributed by atoms with Gasteiger partial charge in [0.05, 0.1) is 11.4 Å². The Morgan fingerprint density at radius 1 is 1.20 bits per heavy atom. The van der Waals surface area contributed by atoms with Crippen LogP contribution in [-0.2, 0) is 6.54 Å². The third-order valence-corrected chi connectivity index (χ3v) is 3.57. The number of hydrogen-bond acceptors (Lipinski definition) is 2. The number of halogens is 1. The number of nitrogens with zero attached hydrogens (tertiary/aromatic N) is 2. The minimum Gasteiger partial charge on any atom is -0.325 e. The Balaban J connectivity index is 2.30. The second-order valence-corrected chi connectivity index (χ2v) is 4.96. The molecule has 0 aliphatic heterocycles. The van der Waals surface area contributed by atoms with E-state index < -0.39 is 0 Å². The molecule has 0 fully saturated rings. The quantitative estimate of drug-likeness (QED) is 0.776. The summed E-state index contributed by atoms with van der Waals surface area (Å²) in [5, 5.41) is 0. The maximum atomic E-state index is 13.4. The smallest absolute Gasteiger partial charge is 0.140 e. The number of pyridine rings is 1. The van der Waals surface area contributed by atoms with Crippen LogP contribution in [0.4, 0.5) is 4.39 Å². The summed E-state index contributed by atoms with van der Waals surface area (Å²) in [4.78, 5) is 4.68. The molecule has 0 spiro atoms. The summed E-state index contributed by atoms with van der Waals surface area (Å²) in [5.74, 6) is -0.206. The van der Waals surface area contributed by atoms with Gasteiger partial charge in [0.15, 0.2) is 0 Å². The van der Waals surface area contributed by atoms with E-state index in [2.05, 4.69) is 4.98 Å². The van der Waals surface area contributed by atoms with Crippen LogP contribution in [0, 0.1) is 19.7 Å². The van der Waals surface area contributed by atoms with Gasteiger partial charge in [-0.25, -0.2) is 9.37 Å². The molecule has 20 heavy (non-hydrogen) atoms. The minimum atomic E-state index is -0.206. The first-order chi connectivity index (χ1) is 9.61. The molecule has 0 aliphatic carbocycles. The van der Waals surface area contributed by atoms with Crippen molar-refractivity contribution < 1.29 is 4.39 Å². The molecule has 3 aromatic rings. The summed E-state index contributed by atoms with van der Waals surface area (Å²) in [6.07, 6.45) is 1.96. The van der Waals surface area contributed by atoms with E-state index in [1.54, 1.807) is 13.0 Å². The number of fused-ring (bicyclic) bond motifs is 1. The van der Waals surface area contributed by atoms with Gasteiger partial charge >= 0.3 is 0 Å². The lowest BCUT2D eigenvalue weighted by Crippen LogP contribution is -2.02. The zero-order chi connectivity index (χ0) is 14.3. The van der Waals surface area contributed by atoms with Crippen LogP contribution in [0.3, 0.4) is 0 Å². The molecule has 2 aromatic heterocycles. The van der Waals surface area contributed by atoms with Gasteiger partial charge in [-0.05, 0) is 49.2 Å². The van der Waals surface area contributed by atoms with Gasteiger partial charge in [-0.15, -0.1) is 0 Å². The van der Waals surface area contributed by atoms with Crippen LogP contribution in [0.5, 0.6) is 0 Å². The largest absolute Gasteiger partial charge is 0.325 e. The van der Waals surface area contributed by atoms with E-state index in [1.807, 2.05) is 35.7 Å². The van der Waals surface area contributed by atoms with Crippen molar-refractivity contribution in [2.24, 2.45) is 5.73 Å². The Hall–Kier alpha value is -2.20. The van der Waals surface area contributed by atoms with Crippen molar-refractivity contribution >= 4 is 5.65 Å². The standard InChI is InChI=1S/C16H16FN3/c1-10-4-3-7-20-14(9-18)15(19-16(10)20)12-5-6-13(17)11(2)8-12/h3-8H,9,18H2,1-2H3. The van der Waals surface area contributed by atoms with Crippen molar-refractivity contribution in [3.63, 3.8) is 0 Å². The highest BCUT2D eigenvalue weighted by Gasteiger charge is 2.14. The van der Waals surface area contributed by atoms with Crippen molar-refractivity contribution in [2.75, 3.05) is 0 Å². The highest BCUT2D eigenvalue weighted by atomic mass is 19.1. The zero-order valence-electron chi connectivity index (χ0n) is 11.5. The average molecular weight is 269 g/mol. The van der Waals surface area contributed by atoms with Gasteiger partial charge in [0.2, 0.25) is 0 Å². The van der Waals surface area contributed by atoms with Gasteiger partial charge in [0.25, 0.3) is 0 Å². The van der Waals surface area contributed by atoms with E-state index in [9.17, 15) is 4.39 Å². The summed E-state index contributed by atoms with van der Waals surface area (Å²) in [7, 11) is 0. The van der Waals surface area contributed by atoms with Crippen molar-refractivity contribution in [3.8, 4) is 11.3 Å². The first-order valence-electron chi connectivity index (χ1n) is 6.55. The fourth-order valence-corrected chi connectivity index (χ4v) is 2.47. The maximum Gasteiger partial charge on any atom is 0.140 e. The topological polar surface area (TPSA) is 43.3 Å². The monoisotopic (exact) mass is 269 g/mol. The normalized spacial score (nSPS) is 11.2. The molecule has 4 heteroatoms. The number of rotatable bonds is 2. The van der Waals surface area contributed by atoms with Crippen molar-refractivity contribution in [2.45, 2.75) is 20.4 Å². The van der Waals surface area contributed by atoms with Gasteiger partial charge in [-0.1, -0.05) is 6.07 Å². The molecule has 3 nitrogen and oxygen atoms in total. The molecular weight excluding hydrogens is 253 g/mol. The minimum absolute atomic E-state index is 0.206. The molecule has 0 atom stereocenters. The van der Waals surface area contributed by atoms with Crippen molar-refractivity contribution in [1.82, 2.24) is 9.38 Å². The maximum absolute atomic E-state index is 13.4. The summed E-state index contributed by atoms with van der Waals surface area (Å²) >= 11 is 0. The summed E-state index contributed by atoms with van der Waals surface area (Å²) < 4.78 is 15.4. The first kappa shape index (κ1) is 12.8. The molecule has 0 amide bonds. The number of imidazole rings is 1. The van der Waals surface area contributed by atoms with Crippen LogP contribution in [0.25, 0.3) is 16.9 Å². The SMILES string of the molecule is Cc1cc(-c2nc3c(C)cccn3c2CN)ccc1F. The summed E-state index contributed by atoms with van der Waals surface area (Å²) in [6, 6.07) is 9.03. The molecule has 0 saturated carbocycles. The highest BCUT2D eigenvalue weighted by Crippen LogP contribution is 2.26. The molecule has 0 bridgehead atoms. The lowest BCUT2D eigenvalue weighted by Gasteiger charge is -2.04. The number of aryl methyl sites for hydroxylation is 2. The molecule has 0 radical (unpaired) electrons. The Labute approximate surface area is 116 Å². The van der Waals surface area contributed by atoms with Gasteiger partial charge in [0, 0.05) is 18.3 Å². The van der Waals surface area contributed by atoms with E-state index in [-0.39, 0.29) is 5.82 Å². The lowest BCUT2D eigenvalue weighted by molar-refractivity contribution is 0.618. The van der Waals surface area contributed by atoms with Gasteiger partial charge in [0.1, 0.15) is 11.5 Å². The molecule has 0 saturated heterocycles. The summed E-state index contributed by atoms with van der Waals surface area (Å²) in [6.45, 7) is 4.15. The number of benzene rings is 1. The molecule has 3 rings (SSSR count). The van der Waals surface area contributed by atoms with E-state index >= 15 is 0 Å². The van der Waals surface area contributed by atoms with Crippen molar-refractivity contribution in [1.29, 1.82) is 0 Å². The molecule has 0 unspecified atom stereocenters. The second kappa shape index (κ2) is 4.72. The number of nitrogens with two attached hydrogens (primary N) is 1. The average Bonchev–Trinajstić information content (AvgIpc) is 2.82. The summed E-state index contributed by atoms with van der Waals surface area (Å²) in [5.41, 5.74) is 11.1. The van der Waals surface area contributed by atoms with Gasteiger partial charge in [-0.2, -0.15) is 0 Å². The van der Waals surface area contributed by atoms with Crippen LogP contribution in [0.15, 0.2) is 36.5 Å². The Morgan fingerprint density at radius 3 is 2.70 bits per heavy atom. The van der Waals surface area contributed by atoms with Crippen molar-refractivity contribution in [3.05, 3.63) is 59.2 Å². The number of aromatic nitrogens is 2. The van der Waals surface area contributed by atoms with E-state index in [1.165, 1.54) is 6.07 Å². The Morgan fingerprint density at radius 2 is 2.00 bits per heavy atom. The fraction of sp³-hybridized carbons (Fsp3) is 0.188. The lowest BCUT2D eigenvalue weighted by atomic mass is 10.1. The predicted molar refractivity (Wildman–Crippen MR) is 78.0 cm³/mol. The van der Waals surface area contributed by atoms with E-state index in [0.29, 0.717) is 12.1 Å². The van der Waals surface area contributed by atoms with Gasteiger partial charge < -0.3 is 10.1 Å². The van der Waals surface area contributed by atoms with Crippen LogP contribution in [-0.4, -0.2) is 9.38 Å². The van der Waals surface area contributed by atoms with Crippen LogP contribution >= 0.6 is 0 Å². The highest BCUT2D eigenvalue weighted by molar-refractivity contribution is 5.68. The molecule has 0 aliphatic rings. The molecule has 2 N–H and O–H groups in total. The third kappa shape index (κ3) is 1.89. The zero-order valence-corrected chi connectivity index (χ0v) is 11.5. The Bertz CT molecular complexity index is 790. The molecule has 102 valence electrons. The van der Waals surface area contributed by atoms with E-state index in [4.69, 9.17) is 5.73 Å². The predicted octanol–water partition coefficient (Wildman–Crippen LogP) is 3.22. The fourth-order valence-electron chi connectivity index (χ4n) is 2.47. The Kier molecular flexibility index (Phi) is 3.03. The second-order valence-electron chi connectivity index (χ2n) is 4.96. The molecule has 1 aromatic carbocycles. The molecular formula is C16H16FN3. The molecule has 2 heterocycles. The third-order valence-electron chi connectivity index (χ3n) is 3.57. The van der Waals surface area contributed by atoms with E-state index in [0.717, 1.165) is 28.2 Å². The van der Waals surface area contributed by atoms with Crippen LogP contribution < -0.4 is 5.73 Å². The van der Waals surface area contributed by atoms with Crippen LogP contribution in [0.1, 0.15) is 16.8 Å². The first-order valence-corrected chi connectivity index (χ1v) is 6.55. The van der Waals surface area contributed by atoms with Crippen LogP contribution in [0.2, 0.25) is 0 Å². The number of hydrogen-bond donors (Lipinski definition) is 1.